The number of aromatic carboxylic acids is 1. The number of rotatable bonds is 6. The SMILES string of the molecule is CCCN(C1CC1)S(=O)(=O)c1ccc(C(=O)O)o1. The zero-order chi connectivity index (χ0) is 13.3. The highest BCUT2D eigenvalue weighted by Gasteiger charge is 2.39. The molecule has 1 fully saturated rings. The highest BCUT2D eigenvalue weighted by molar-refractivity contribution is 7.89. The lowest BCUT2D eigenvalue weighted by Crippen LogP contribution is -2.33. The minimum absolute atomic E-state index is 0.0355. The average Bonchev–Trinajstić information content (AvgIpc) is 2.99. The fourth-order valence-electron chi connectivity index (χ4n) is 1.77. The van der Waals surface area contributed by atoms with Crippen molar-refractivity contribution in [3.63, 3.8) is 0 Å². The number of carbonyl (C=O) groups is 1. The monoisotopic (exact) mass is 273 g/mol. The summed E-state index contributed by atoms with van der Waals surface area (Å²) in [5.41, 5.74) is 0. The Balaban J connectivity index is 2.30. The molecule has 0 atom stereocenters. The fraction of sp³-hybridized carbons (Fsp3) is 0.545. The molecule has 0 aliphatic heterocycles. The van der Waals surface area contributed by atoms with Crippen molar-refractivity contribution >= 4 is 16.0 Å². The Bertz CT molecular complexity index is 544. The summed E-state index contributed by atoms with van der Waals surface area (Å²) >= 11 is 0. The second kappa shape index (κ2) is 4.74. The Hall–Kier alpha value is -1.34. The van der Waals surface area contributed by atoms with Crippen LogP contribution in [0.4, 0.5) is 0 Å². The van der Waals surface area contributed by atoms with E-state index in [1.807, 2.05) is 6.92 Å². The van der Waals surface area contributed by atoms with Gasteiger partial charge in [-0.2, -0.15) is 4.31 Å². The molecule has 2 rings (SSSR count). The van der Waals surface area contributed by atoms with E-state index in [0.29, 0.717) is 13.0 Å². The lowest BCUT2D eigenvalue weighted by atomic mass is 10.5. The molecule has 1 aromatic heterocycles. The number of furan rings is 1. The van der Waals surface area contributed by atoms with Gasteiger partial charge in [-0.15, -0.1) is 0 Å². The topological polar surface area (TPSA) is 87.8 Å². The molecule has 1 N–H and O–H groups in total. The first kappa shape index (κ1) is 13.1. The minimum Gasteiger partial charge on any atom is -0.475 e. The van der Waals surface area contributed by atoms with E-state index < -0.39 is 16.0 Å². The molecule has 1 aromatic rings. The van der Waals surface area contributed by atoms with Crippen LogP contribution in [-0.4, -0.2) is 36.4 Å². The smallest absolute Gasteiger partial charge is 0.371 e. The van der Waals surface area contributed by atoms with Gasteiger partial charge in [-0.1, -0.05) is 6.92 Å². The van der Waals surface area contributed by atoms with Crippen LogP contribution in [-0.2, 0) is 10.0 Å². The zero-order valence-electron chi connectivity index (χ0n) is 10.00. The summed E-state index contributed by atoms with van der Waals surface area (Å²) in [7, 11) is -3.71. The molecule has 0 radical (unpaired) electrons. The molecule has 7 heteroatoms. The maximum absolute atomic E-state index is 12.3. The maximum Gasteiger partial charge on any atom is 0.371 e. The number of hydrogen-bond donors (Lipinski definition) is 1. The van der Waals surface area contributed by atoms with Crippen LogP contribution in [0.1, 0.15) is 36.7 Å². The van der Waals surface area contributed by atoms with Crippen LogP contribution in [0.2, 0.25) is 0 Å². The molecular formula is C11H15NO5S. The summed E-state index contributed by atoms with van der Waals surface area (Å²) in [6.07, 6.45) is 2.42. The summed E-state index contributed by atoms with van der Waals surface area (Å²) < 4.78 is 30.8. The van der Waals surface area contributed by atoms with Gasteiger partial charge in [-0.05, 0) is 31.4 Å². The highest BCUT2D eigenvalue weighted by atomic mass is 32.2. The van der Waals surface area contributed by atoms with Crippen LogP contribution in [0.5, 0.6) is 0 Å². The van der Waals surface area contributed by atoms with Gasteiger partial charge in [0, 0.05) is 12.6 Å². The van der Waals surface area contributed by atoms with Crippen LogP contribution >= 0.6 is 0 Å². The van der Waals surface area contributed by atoms with Gasteiger partial charge < -0.3 is 9.52 Å². The van der Waals surface area contributed by atoms with Crippen LogP contribution in [0.25, 0.3) is 0 Å². The van der Waals surface area contributed by atoms with E-state index in [0.717, 1.165) is 18.9 Å². The van der Waals surface area contributed by atoms with Crippen molar-refractivity contribution in [1.82, 2.24) is 4.31 Å². The van der Waals surface area contributed by atoms with Gasteiger partial charge >= 0.3 is 5.97 Å². The molecule has 1 aliphatic rings. The summed E-state index contributed by atoms with van der Waals surface area (Å²) in [6, 6.07) is 2.39. The van der Waals surface area contributed by atoms with E-state index in [1.165, 1.54) is 10.4 Å². The fourth-order valence-corrected chi connectivity index (χ4v) is 3.46. The maximum atomic E-state index is 12.3. The largest absolute Gasteiger partial charge is 0.475 e. The molecule has 0 unspecified atom stereocenters. The molecule has 0 aromatic carbocycles. The molecule has 6 nitrogen and oxygen atoms in total. The molecule has 0 spiro atoms. The Morgan fingerprint density at radius 2 is 2.17 bits per heavy atom. The Morgan fingerprint density at radius 1 is 1.50 bits per heavy atom. The molecule has 0 amide bonds. The summed E-state index contributed by atoms with van der Waals surface area (Å²) in [6.45, 7) is 2.33. The summed E-state index contributed by atoms with van der Waals surface area (Å²) in [5, 5.41) is 8.43. The molecule has 0 bridgehead atoms. The van der Waals surface area contributed by atoms with E-state index in [9.17, 15) is 13.2 Å². The predicted octanol–water partition coefficient (Wildman–Crippen LogP) is 1.54. The van der Waals surface area contributed by atoms with E-state index in [1.54, 1.807) is 0 Å². The standard InChI is InChI=1S/C11H15NO5S/c1-2-7-12(8-3-4-8)18(15,16)10-6-5-9(17-10)11(13)14/h5-6,8H,2-4,7H2,1H3,(H,13,14). The van der Waals surface area contributed by atoms with Crippen molar-refractivity contribution in [3.8, 4) is 0 Å². The van der Waals surface area contributed by atoms with Gasteiger partial charge in [0.05, 0.1) is 0 Å². The molecule has 1 saturated carbocycles. The highest BCUT2D eigenvalue weighted by Crippen LogP contribution is 2.32. The first-order valence-electron chi connectivity index (χ1n) is 5.81. The second-order valence-electron chi connectivity index (χ2n) is 4.27. The average molecular weight is 273 g/mol. The van der Waals surface area contributed by atoms with E-state index in [2.05, 4.69) is 0 Å². The van der Waals surface area contributed by atoms with Gasteiger partial charge in [-0.25, -0.2) is 13.2 Å². The molecule has 18 heavy (non-hydrogen) atoms. The predicted molar refractivity (Wildman–Crippen MR) is 62.9 cm³/mol. The normalized spacial score (nSPS) is 16.1. The second-order valence-corrected chi connectivity index (χ2v) is 6.09. The van der Waals surface area contributed by atoms with Crippen molar-refractivity contribution in [2.45, 2.75) is 37.3 Å². The van der Waals surface area contributed by atoms with Gasteiger partial charge in [0.25, 0.3) is 10.0 Å². The lowest BCUT2D eigenvalue weighted by molar-refractivity contribution is 0.0656. The van der Waals surface area contributed by atoms with E-state index >= 15 is 0 Å². The minimum atomic E-state index is -3.71. The van der Waals surface area contributed by atoms with Gasteiger partial charge in [0.15, 0.2) is 0 Å². The van der Waals surface area contributed by atoms with Gasteiger partial charge in [0.1, 0.15) is 0 Å². The van der Waals surface area contributed by atoms with Gasteiger partial charge in [-0.3, -0.25) is 0 Å². The Labute approximate surface area is 105 Å². The molecule has 1 aliphatic carbocycles. The molecule has 0 saturated heterocycles. The third-order valence-electron chi connectivity index (χ3n) is 2.75. The third-order valence-corrected chi connectivity index (χ3v) is 4.58. The quantitative estimate of drug-likeness (QED) is 0.849. The van der Waals surface area contributed by atoms with E-state index in [-0.39, 0.29) is 16.9 Å². The van der Waals surface area contributed by atoms with Crippen molar-refractivity contribution in [3.05, 3.63) is 17.9 Å². The van der Waals surface area contributed by atoms with Crippen molar-refractivity contribution in [2.75, 3.05) is 6.54 Å². The van der Waals surface area contributed by atoms with Gasteiger partial charge in [0.2, 0.25) is 10.9 Å². The van der Waals surface area contributed by atoms with Crippen molar-refractivity contribution < 1.29 is 22.7 Å². The number of nitrogens with zero attached hydrogens (tertiary/aromatic N) is 1. The Morgan fingerprint density at radius 3 is 2.61 bits per heavy atom. The van der Waals surface area contributed by atoms with Crippen molar-refractivity contribution in [1.29, 1.82) is 0 Å². The summed E-state index contributed by atoms with van der Waals surface area (Å²) in [5.74, 6) is -1.63. The summed E-state index contributed by atoms with van der Waals surface area (Å²) in [4.78, 5) is 10.7. The molecular weight excluding hydrogens is 258 g/mol. The first-order chi connectivity index (χ1) is 8.46. The molecule has 100 valence electrons. The van der Waals surface area contributed by atoms with Crippen LogP contribution in [0, 0.1) is 0 Å². The van der Waals surface area contributed by atoms with Crippen LogP contribution < -0.4 is 0 Å². The van der Waals surface area contributed by atoms with Crippen LogP contribution in [0.15, 0.2) is 21.6 Å². The van der Waals surface area contributed by atoms with Crippen LogP contribution in [0.3, 0.4) is 0 Å². The molecule has 1 heterocycles. The Kier molecular flexibility index (Phi) is 3.45. The van der Waals surface area contributed by atoms with E-state index in [4.69, 9.17) is 9.52 Å². The first-order valence-corrected chi connectivity index (χ1v) is 7.25. The van der Waals surface area contributed by atoms with Crippen molar-refractivity contribution in [2.24, 2.45) is 0 Å². The third kappa shape index (κ3) is 2.41. The number of hydrogen-bond acceptors (Lipinski definition) is 4. The number of carboxylic acid groups (broad SMARTS) is 1. The zero-order valence-corrected chi connectivity index (χ0v) is 10.8. The number of carboxylic acids is 1. The lowest BCUT2D eigenvalue weighted by Gasteiger charge is -2.19. The number of sulfonamides is 1.